The molecule has 0 aliphatic carbocycles. The fraction of sp³-hybridized carbons (Fsp3) is 0.200. The van der Waals surface area contributed by atoms with Crippen molar-refractivity contribution in [2.24, 2.45) is 0 Å². The molecule has 3 rings (SSSR count). The number of nitrogens with one attached hydrogen (secondary N) is 3. The third-order valence-electron chi connectivity index (χ3n) is 4.35. The van der Waals surface area contributed by atoms with Crippen molar-refractivity contribution in [3.05, 3.63) is 64.3 Å². The predicted octanol–water partition coefficient (Wildman–Crippen LogP) is 3.79. The Kier molecular flexibility index (Phi) is 6.06. The number of halogens is 1. The second kappa shape index (κ2) is 8.50. The Morgan fingerprint density at radius 2 is 1.96 bits per heavy atom. The number of carbonyl (C=O) groups is 1. The molecular weight excluding hydrogens is 398 g/mol. The van der Waals surface area contributed by atoms with Gasteiger partial charge in [0.15, 0.2) is 5.11 Å². The monoisotopic (exact) mass is 417 g/mol. The van der Waals surface area contributed by atoms with Gasteiger partial charge >= 0.3 is 0 Å². The van der Waals surface area contributed by atoms with Crippen molar-refractivity contribution in [2.45, 2.75) is 13.0 Å². The van der Waals surface area contributed by atoms with E-state index in [9.17, 15) is 4.79 Å². The summed E-state index contributed by atoms with van der Waals surface area (Å²) < 4.78 is 10.6. The first-order valence-corrected chi connectivity index (χ1v) is 9.28. The third-order valence-corrected chi connectivity index (χ3v) is 4.81. The van der Waals surface area contributed by atoms with Gasteiger partial charge in [0, 0.05) is 16.8 Å². The van der Waals surface area contributed by atoms with Crippen LogP contribution in [-0.4, -0.2) is 25.2 Å². The molecule has 2 aromatic rings. The van der Waals surface area contributed by atoms with Crippen molar-refractivity contribution >= 4 is 40.5 Å². The number of benzene rings is 2. The number of rotatable bonds is 5. The fourth-order valence-corrected chi connectivity index (χ4v) is 3.50. The molecule has 28 heavy (non-hydrogen) atoms. The minimum absolute atomic E-state index is 0.295. The van der Waals surface area contributed by atoms with Crippen molar-refractivity contribution in [1.82, 2.24) is 10.6 Å². The van der Waals surface area contributed by atoms with Crippen LogP contribution in [0.5, 0.6) is 11.5 Å². The quantitative estimate of drug-likeness (QED) is 0.643. The molecule has 1 heterocycles. The van der Waals surface area contributed by atoms with E-state index in [0.717, 1.165) is 5.56 Å². The maximum atomic E-state index is 13.2. The predicted molar refractivity (Wildman–Crippen MR) is 114 cm³/mol. The first-order valence-electron chi connectivity index (χ1n) is 8.50. The van der Waals surface area contributed by atoms with E-state index in [1.807, 2.05) is 19.1 Å². The van der Waals surface area contributed by atoms with Crippen molar-refractivity contribution in [2.75, 3.05) is 19.5 Å². The maximum absolute atomic E-state index is 13.2. The normalized spacial score (nSPS) is 16.1. The van der Waals surface area contributed by atoms with Crippen molar-refractivity contribution in [1.29, 1.82) is 0 Å². The second-order valence-corrected chi connectivity index (χ2v) is 6.99. The number of allylic oxidation sites excluding steroid dienone is 1. The summed E-state index contributed by atoms with van der Waals surface area (Å²) in [6.45, 7) is 1.81. The van der Waals surface area contributed by atoms with Gasteiger partial charge in [-0.05, 0) is 49.0 Å². The SMILES string of the molecule is COc1ccc(OC)c(NC(=O)C2=C(C)NC(=S)NC2c2cccc(Cl)c2)c1. The molecule has 0 aromatic heterocycles. The summed E-state index contributed by atoms with van der Waals surface area (Å²) in [5, 5.41) is 10.1. The molecular formula is C20H20ClN3O3S. The van der Waals surface area contributed by atoms with E-state index in [1.54, 1.807) is 44.6 Å². The van der Waals surface area contributed by atoms with Crippen LogP contribution < -0.4 is 25.4 Å². The molecule has 2 aromatic carbocycles. The van der Waals surface area contributed by atoms with E-state index < -0.39 is 6.04 Å². The van der Waals surface area contributed by atoms with Gasteiger partial charge in [-0.15, -0.1) is 0 Å². The van der Waals surface area contributed by atoms with E-state index in [4.69, 9.17) is 33.3 Å². The third kappa shape index (κ3) is 4.21. The van der Waals surface area contributed by atoms with Crippen LogP contribution in [0.4, 0.5) is 5.69 Å². The van der Waals surface area contributed by atoms with Crippen LogP contribution in [0.15, 0.2) is 53.7 Å². The van der Waals surface area contributed by atoms with E-state index in [1.165, 1.54) is 0 Å². The van der Waals surface area contributed by atoms with Crippen molar-refractivity contribution < 1.29 is 14.3 Å². The highest BCUT2D eigenvalue weighted by atomic mass is 35.5. The fourth-order valence-electron chi connectivity index (χ4n) is 3.03. The average molecular weight is 418 g/mol. The zero-order valence-corrected chi connectivity index (χ0v) is 17.2. The van der Waals surface area contributed by atoms with Gasteiger partial charge in [-0.25, -0.2) is 0 Å². The van der Waals surface area contributed by atoms with Crippen LogP contribution >= 0.6 is 23.8 Å². The largest absolute Gasteiger partial charge is 0.497 e. The maximum Gasteiger partial charge on any atom is 0.255 e. The molecule has 1 atom stereocenters. The van der Waals surface area contributed by atoms with Gasteiger partial charge in [0.1, 0.15) is 11.5 Å². The first-order chi connectivity index (χ1) is 13.4. The summed E-state index contributed by atoms with van der Waals surface area (Å²) >= 11 is 11.4. The molecule has 0 bridgehead atoms. The highest BCUT2D eigenvalue weighted by Gasteiger charge is 2.30. The summed E-state index contributed by atoms with van der Waals surface area (Å²) in [5.74, 6) is 0.838. The highest BCUT2D eigenvalue weighted by molar-refractivity contribution is 7.80. The Labute approximate surface area is 173 Å². The topological polar surface area (TPSA) is 71.6 Å². The van der Waals surface area contributed by atoms with Crippen LogP contribution in [-0.2, 0) is 4.79 Å². The molecule has 0 radical (unpaired) electrons. The van der Waals surface area contributed by atoms with Crippen molar-refractivity contribution in [3.8, 4) is 11.5 Å². The molecule has 1 aliphatic heterocycles. The van der Waals surface area contributed by atoms with E-state index in [-0.39, 0.29) is 5.91 Å². The molecule has 0 saturated carbocycles. The van der Waals surface area contributed by atoms with Gasteiger partial charge in [-0.3, -0.25) is 4.79 Å². The molecule has 0 fully saturated rings. The lowest BCUT2D eigenvalue weighted by molar-refractivity contribution is -0.113. The summed E-state index contributed by atoms with van der Waals surface area (Å²) in [6.07, 6.45) is 0. The number of methoxy groups -OCH3 is 2. The number of hydrogen-bond acceptors (Lipinski definition) is 4. The lowest BCUT2D eigenvalue weighted by Crippen LogP contribution is -2.45. The molecule has 6 nitrogen and oxygen atoms in total. The van der Waals surface area contributed by atoms with Gasteiger partial charge in [0.05, 0.1) is 31.5 Å². The van der Waals surface area contributed by atoms with Crippen LogP contribution in [0.25, 0.3) is 0 Å². The average Bonchev–Trinajstić information content (AvgIpc) is 2.67. The standard InChI is InChI=1S/C20H20ClN3O3S/c1-11-17(18(24-20(28)22-11)12-5-4-6-13(21)9-12)19(25)23-15-10-14(26-2)7-8-16(15)27-3/h4-10,18H,1-3H3,(H,23,25)(H2,22,24,28). The number of anilines is 1. The zero-order chi connectivity index (χ0) is 20.3. The van der Waals surface area contributed by atoms with Crippen LogP contribution in [0, 0.1) is 0 Å². The molecule has 0 spiro atoms. The summed E-state index contributed by atoms with van der Waals surface area (Å²) in [4.78, 5) is 13.2. The second-order valence-electron chi connectivity index (χ2n) is 6.15. The number of thiocarbonyl (C=S) groups is 1. The van der Waals surface area contributed by atoms with E-state index in [0.29, 0.717) is 38.6 Å². The Morgan fingerprint density at radius 1 is 1.18 bits per heavy atom. The van der Waals surface area contributed by atoms with E-state index >= 15 is 0 Å². The van der Waals surface area contributed by atoms with Crippen molar-refractivity contribution in [3.63, 3.8) is 0 Å². The molecule has 1 amide bonds. The lowest BCUT2D eigenvalue weighted by atomic mass is 9.95. The minimum atomic E-state index is -0.441. The Bertz CT molecular complexity index is 961. The van der Waals surface area contributed by atoms with Gasteiger partial charge in [-0.2, -0.15) is 0 Å². The summed E-state index contributed by atoms with van der Waals surface area (Å²) in [7, 11) is 3.10. The molecule has 146 valence electrons. The lowest BCUT2D eigenvalue weighted by Gasteiger charge is -2.30. The first kappa shape index (κ1) is 20.0. The van der Waals surface area contributed by atoms with Crippen LogP contribution in [0.1, 0.15) is 18.5 Å². The Balaban J connectivity index is 1.98. The number of hydrogen-bond donors (Lipinski definition) is 3. The molecule has 1 unspecified atom stereocenters. The highest BCUT2D eigenvalue weighted by Crippen LogP contribution is 2.32. The smallest absolute Gasteiger partial charge is 0.255 e. The molecule has 0 saturated heterocycles. The zero-order valence-electron chi connectivity index (χ0n) is 15.6. The van der Waals surface area contributed by atoms with E-state index in [2.05, 4.69) is 16.0 Å². The van der Waals surface area contributed by atoms with Crippen LogP contribution in [0.3, 0.4) is 0 Å². The van der Waals surface area contributed by atoms with Crippen LogP contribution in [0.2, 0.25) is 5.02 Å². The number of amides is 1. The molecule has 8 heteroatoms. The number of ether oxygens (including phenoxy) is 2. The molecule has 1 aliphatic rings. The van der Waals surface area contributed by atoms with Gasteiger partial charge in [-0.1, -0.05) is 23.7 Å². The van der Waals surface area contributed by atoms with Gasteiger partial charge in [0.25, 0.3) is 5.91 Å². The van der Waals surface area contributed by atoms with Gasteiger partial charge in [0.2, 0.25) is 0 Å². The molecule has 3 N–H and O–H groups in total. The Hall–Kier alpha value is -2.77. The Morgan fingerprint density at radius 3 is 2.64 bits per heavy atom. The van der Waals surface area contributed by atoms with Gasteiger partial charge < -0.3 is 25.4 Å². The minimum Gasteiger partial charge on any atom is -0.497 e. The summed E-state index contributed by atoms with van der Waals surface area (Å²) in [6, 6.07) is 12.1. The summed E-state index contributed by atoms with van der Waals surface area (Å²) in [5.41, 5.74) is 2.50. The number of carbonyl (C=O) groups excluding carboxylic acids is 1.